The van der Waals surface area contributed by atoms with Gasteiger partial charge >= 0.3 is 12.1 Å². The third kappa shape index (κ3) is 9.06. The lowest BCUT2D eigenvalue weighted by Crippen LogP contribution is -2.46. The van der Waals surface area contributed by atoms with Crippen LogP contribution in [0.4, 0.5) is 19.8 Å². The minimum Gasteiger partial charge on any atom is -0.447 e. The summed E-state index contributed by atoms with van der Waals surface area (Å²) in [5.41, 5.74) is 2.68. The molecule has 0 bridgehead atoms. The summed E-state index contributed by atoms with van der Waals surface area (Å²) in [5, 5.41) is 7.18. The maximum atomic E-state index is 13.9. The smallest absolute Gasteiger partial charge is 0.412 e. The van der Waals surface area contributed by atoms with Crippen molar-refractivity contribution in [2.75, 3.05) is 19.0 Å². The number of halogens is 2. The van der Waals surface area contributed by atoms with Crippen LogP contribution in [0.25, 0.3) is 10.8 Å². The van der Waals surface area contributed by atoms with E-state index in [9.17, 15) is 18.8 Å². The number of carbonyl (C=O) groups excluding carboxylic acids is 3. The molecule has 4 aromatic rings. The number of pyridine rings is 1. The molecule has 3 N–H and O–H groups in total. The summed E-state index contributed by atoms with van der Waals surface area (Å²) in [5.74, 6) is 0.724. The number of Topliss-reactive ketones (excluding diaryl/α,β-unsaturated/α-hetero) is 1. The number of aromatic amines is 1. The van der Waals surface area contributed by atoms with Gasteiger partial charge in [-0.3, -0.25) is 10.1 Å². The predicted molar refractivity (Wildman–Crippen MR) is 179 cm³/mol. The van der Waals surface area contributed by atoms with E-state index in [4.69, 9.17) is 16.3 Å². The summed E-state index contributed by atoms with van der Waals surface area (Å²) in [4.78, 5) is 53.1. The first-order valence-electron chi connectivity index (χ1n) is 16.0. The van der Waals surface area contributed by atoms with Crippen molar-refractivity contribution in [2.24, 2.45) is 5.92 Å². The largest absolute Gasteiger partial charge is 0.447 e. The fourth-order valence-electron chi connectivity index (χ4n) is 6.02. The van der Waals surface area contributed by atoms with Crippen LogP contribution in [-0.2, 0) is 28.9 Å². The summed E-state index contributed by atoms with van der Waals surface area (Å²) in [7, 11) is 1.58. The Morgan fingerprint density at radius 3 is 2.68 bits per heavy atom. The molecule has 2 aromatic heterocycles. The topological polar surface area (TPSA) is 129 Å². The number of imidazole rings is 1. The van der Waals surface area contributed by atoms with Crippen molar-refractivity contribution < 1.29 is 23.5 Å². The summed E-state index contributed by atoms with van der Waals surface area (Å²) < 4.78 is 19.5. The molecule has 2 atom stereocenters. The Morgan fingerprint density at radius 1 is 1.11 bits per heavy atom. The van der Waals surface area contributed by atoms with E-state index in [-0.39, 0.29) is 36.3 Å². The van der Waals surface area contributed by atoms with E-state index >= 15 is 0 Å². The molecule has 5 rings (SSSR count). The number of amides is 3. The monoisotopic (exact) mass is 662 g/mol. The lowest BCUT2D eigenvalue weighted by molar-refractivity contribution is -0.123. The molecule has 10 nitrogen and oxygen atoms in total. The van der Waals surface area contributed by atoms with Crippen LogP contribution >= 0.6 is 11.6 Å². The van der Waals surface area contributed by atoms with Crippen molar-refractivity contribution in [3.05, 3.63) is 88.3 Å². The van der Waals surface area contributed by atoms with Gasteiger partial charge in [0.1, 0.15) is 29.8 Å². The highest BCUT2D eigenvalue weighted by molar-refractivity contribution is 6.31. The molecule has 3 amide bonds. The molecule has 0 spiro atoms. The average molecular weight is 663 g/mol. The van der Waals surface area contributed by atoms with E-state index in [1.807, 2.05) is 31.2 Å². The van der Waals surface area contributed by atoms with Gasteiger partial charge in [0, 0.05) is 43.2 Å². The van der Waals surface area contributed by atoms with Crippen LogP contribution in [0.3, 0.4) is 0 Å². The fraction of sp³-hybridized carbons (Fsp3) is 0.400. The normalized spacial score (nSPS) is 14.3. The number of aryl methyl sites for hydroxylation is 3. The molecule has 1 aliphatic rings. The number of benzene rings is 2. The van der Waals surface area contributed by atoms with Crippen LogP contribution in [0.5, 0.6) is 0 Å². The van der Waals surface area contributed by atoms with Crippen LogP contribution in [-0.4, -0.2) is 57.5 Å². The number of anilines is 1. The molecule has 2 heterocycles. The number of likely N-dealkylation sites (N-methyl/N-ethyl adjacent to an activating group) is 1. The number of rotatable bonds is 10. The molecule has 0 fully saturated rings. The first-order valence-corrected chi connectivity index (χ1v) is 16.3. The van der Waals surface area contributed by atoms with Crippen molar-refractivity contribution in [2.45, 2.75) is 70.9 Å². The minimum absolute atomic E-state index is 0.00108. The van der Waals surface area contributed by atoms with Crippen molar-refractivity contribution in [3.8, 4) is 0 Å². The van der Waals surface area contributed by atoms with E-state index in [0.717, 1.165) is 66.5 Å². The van der Waals surface area contributed by atoms with E-state index in [2.05, 4.69) is 25.6 Å². The first kappa shape index (κ1) is 33.8. The van der Waals surface area contributed by atoms with Crippen LogP contribution in [0.2, 0.25) is 5.02 Å². The molecule has 0 saturated carbocycles. The standard InChI is InChI=1S/C35H40ClFN6O4/c1-22-40-29-14-6-10-23(11-7-15-30(29)41-22)31(44)17-16-27(43(2)34(45)39-20-26-12-5-13-28(37)33(26)36)21-47-35(46)42-32-18-24-8-3-4-9-25(24)19-38-32/h3-5,8-9,12-13,18-19,23,27H,6-7,10-11,14-17,20-21H2,1-2H3,(H,39,45)(H,40,41)(H,38,42,46)/t27-/m0/s1. The van der Waals surface area contributed by atoms with Gasteiger partial charge < -0.3 is 19.9 Å². The SMILES string of the molecule is Cc1nc2c([nH]1)CCCC(C(=O)CC[C@@H](COC(=O)Nc1cc3ccccc3cn1)N(C)C(=O)NCc1cccc(F)c1Cl)CCC2. The van der Waals surface area contributed by atoms with Crippen LogP contribution in [0.1, 0.15) is 61.3 Å². The molecule has 248 valence electrons. The Morgan fingerprint density at radius 2 is 1.87 bits per heavy atom. The van der Waals surface area contributed by atoms with Gasteiger partial charge in [-0.1, -0.05) is 48.0 Å². The third-order valence-corrected chi connectivity index (χ3v) is 9.13. The zero-order valence-electron chi connectivity index (χ0n) is 26.7. The summed E-state index contributed by atoms with van der Waals surface area (Å²) in [6, 6.07) is 12.7. The second kappa shape index (κ2) is 15.9. The number of fused-ring (bicyclic) bond motifs is 2. The van der Waals surface area contributed by atoms with Gasteiger partial charge in [0.15, 0.2) is 0 Å². The van der Waals surface area contributed by atoms with Gasteiger partial charge in [-0.25, -0.2) is 23.9 Å². The van der Waals surface area contributed by atoms with E-state index in [0.29, 0.717) is 17.8 Å². The molecule has 12 heteroatoms. The highest BCUT2D eigenvalue weighted by Gasteiger charge is 2.26. The Balaban J connectivity index is 1.21. The number of hydrogen-bond acceptors (Lipinski definition) is 6. The lowest BCUT2D eigenvalue weighted by atomic mass is 9.89. The second-order valence-electron chi connectivity index (χ2n) is 12.0. The van der Waals surface area contributed by atoms with Gasteiger partial charge in [0.2, 0.25) is 0 Å². The Hall–Kier alpha value is -4.51. The van der Waals surface area contributed by atoms with Gasteiger partial charge in [-0.2, -0.15) is 0 Å². The van der Waals surface area contributed by atoms with Gasteiger partial charge in [-0.15, -0.1) is 0 Å². The highest BCUT2D eigenvalue weighted by atomic mass is 35.5. The number of H-pyrrole nitrogens is 1. The summed E-state index contributed by atoms with van der Waals surface area (Å²) in [6.45, 7) is 1.81. The zero-order valence-corrected chi connectivity index (χ0v) is 27.4. The highest BCUT2D eigenvalue weighted by Crippen LogP contribution is 2.25. The Bertz CT molecular complexity index is 1700. The van der Waals surface area contributed by atoms with Crippen molar-refractivity contribution >= 4 is 46.1 Å². The number of hydrogen-bond donors (Lipinski definition) is 3. The molecule has 0 saturated heterocycles. The van der Waals surface area contributed by atoms with Gasteiger partial charge in [-0.05, 0) is 75.0 Å². The average Bonchev–Trinajstić information content (AvgIpc) is 3.45. The van der Waals surface area contributed by atoms with Gasteiger partial charge in [0.25, 0.3) is 0 Å². The zero-order chi connectivity index (χ0) is 33.3. The second-order valence-corrected chi connectivity index (χ2v) is 12.4. The van der Waals surface area contributed by atoms with Crippen LogP contribution in [0.15, 0.2) is 54.7 Å². The third-order valence-electron chi connectivity index (χ3n) is 8.71. The number of nitrogens with zero attached hydrogens (tertiary/aromatic N) is 3. The van der Waals surface area contributed by atoms with Crippen molar-refractivity contribution in [3.63, 3.8) is 0 Å². The minimum atomic E-state index is -0.729. The van der Waals surface area contributed by atoms with Crippen molar-refractivity contribution in [1.82, 2.24) is 25.2 Å². The number of urea groups is 1. The summed E-state index contributed by atoms with van der Waals surface area (Å²) >= 11 is 6.07. The Kier molecular flexibility index (Phi) is 11.4. The maximum absolute atomic E-state index is 13.9. The number of ether oxygens (including phenoxy) is 1. The maximum Gasteiger partial charge on any atom is 0.412 e. The number of carbonyl (C=O) groups is 3. The molecule has 47 heavy (non-hydrogen) atoms. The first-order chi connectivity index (χ1) is 22.7. The number of aromatic nitrogens is 3. The number of nitrogens with one attached hydrogen (secondary N) is 3. The molecule has 0 radical (unpaired) electrons. The molecule has 2 aromatic carbocycles. The van der Waals surface area contributed by atoms with E-state index in [1.165, 1.54) is 17.0 Å². The molecular weight excluding hydrogens is 623 g/mol. The van der Waals surface area contributed by atoms with E-state index in [1.54, 1.807) is 25.4 Å². The van der Waals surface area contributed by atoms with Crippen LogP contribution in [0, 0.1) is 18.7 Å². The molecule has 1 aliphatic carbocycles. The lowest BCUT2D eigenvalue weighted by Gasteiger charge is -2.28. The molecule has 1 unspecified atom stereocenters. The Labute approximate surface area is 278 Å². The summed E-state index contributed by atoms with van der Waals surface area (Å²) in [6.07, 6.45) is 6.45. The number of ketones is 1. The van der Waals surface area contributed by atoms with Crippen molar-refractivity contribution in [1.29, 1.82) is 0 Å². The quantitative estimate of drug-likeness (QED) is 0.166. The van der Waals surface area contributed by atoms with Gasteiger partial charge in [0.05, 0.1) is 16.8 Å². The predicted octanol–water partition coefficient (Wildman–Crippen LogP) is 7.14. The van der Waals surface area contributed by atoms with Crippen LogP contribution < -0.4 is 10.6 Å². The fourth-order valence-corrected chi connectivity index (χ4v) is 6.21. The van der Waals surface area contributed by atoms with E-state index < -0.39 is 24.0 Å². The molecular formula is C35H40ClFN6O4. The molecule has 0 aliphatic heterocycles.